The zero-order valence-corrected chi connectivity index (χ0v) is 14.2. The van der Waals surface area contributed by atoms with Crippen molar-refractivity contribution in [1.82, 2.24) is 14.5 Å². The SMILES string of the molecule is CNCc1ccc(S(=O)(=O)N2CCN(C)CC2C)cc1Cl. The molecule has 1 heterocycles. The first-order valence-electron chi connectivity index (χ1n) is 6.99. The number of hydrogen-bond donors (Lipinski definition) is 1. The monoisotopic (exact) mass is 331 g/mol. The Morgan fingerprint density at radius 3 is 2.67 bits per heavy atom. The molecule has 0 aromatic heterocycles. The third kappa shape index (κ3) is 3.57. The number of piperazine rings is 1. The fraction of sp³-hybridized carbons (Fsp3) is 0.571. The van der Waals surface area contributed by atoms with E-state index in [1.807, 2.05) is 21.0 Å². The molecule has 0 saturated carbocycles. The van der Waals surface area contributed by atoms with Crippen molar-refractivity contribution in [1.29, 1.82) is 0 Å². The molecular weight excluding hydrogens is 310 g/mol. The average Bonchev–Trinajstić information content (AvgIpc) is 2.40. The van der Waals surface area contributed by atoms with Gasteiger partial charge in [0, 0.05) is 37.2 Å². The van der Waals surface area contributed by atoms with Gasteiger partial charge in [0.2, 0.25) is 10.0 Å². The predicted octanol–water partition coefficient (Wildman–Crippen LogP) is 1.38. The van der Waals surface area contributed by atoms with E-state index in [1.165, 1.54) is 0 Å². The fourth-order valence-corrected chi connectivity index (χ4v) is 4.59. The number of halogens is 1. The number of nitrogens with zero attached hydrogens (tertiary/aromatic N) is 2. The van der Waals surface area contributed by atoms with Crippen LogP contribution in [0.5, 0.6) is 0 Å². The minimum Gasteiger partial charge on any atom is -0.316 e. The lowest BCUT2D eigenvalue weighted by atomic mass is 10.2. The van der Waals surface area contributed by atoms with E-state index in [9.17, 15) is 8.42 Å². The van der Waals surface area contributed by atoms with Gasteiger partial charge in [0.05, 0.1) is 4.90 Å². The van der Waals surface area contributed by atoms with Crippen LogP contribution in [0.4, 0.5) is 0 Å². The molecule has 1 aromatic carbocycles. The summed E-state index contributed by atoms with van der Waals surface area (Å²) in [6, 6.07) is 4.92. The Morgan fingerprint density at radius 2 is 2.10 bits per heavy atom. The highest BCUT2D eigenvalue weighted by atomic mass is 35.5. The molecule has 0 bridgehead atoms. The number of sulfonamides is 1. The number of nitrogens with one attached hydrogen (secondary N) is 1. The van der Waals surface area contributed by atoms with Crippen LogP contribution < -0.4 is 5.32 Å². The van der Waals surface area contributed by atoms with Crippen molar-refractivity contribution < 1.29 is 8.42 Å². The highest BCUT2D eigenvalue weighted by Gasteiger charge is 2.32. The lowest BCUT2D eigenvalue weighted by Gasteiger charge is -2.37. The van der Waals surface area contributed by atoms with Gasteiger partial charge in [-0.15, -0.1) is 0 Å². The molecule has 1 aromatic rings. The quantitative estimate of drug-likeness (QED) is 0.905. The molecule has 1 fully saturated rings. The van der Waals surface area contributed by atoms with Gasteiger partial charge in [0.15, 0.2) is 0 Å². The summed E-state index contributed by atoms with van der Waals surface area (Å²) in [5.74, 6) is 0. The van der Waals surface area contributed by atoms with Crippen molar-refractivity contribution in [3.05, 3.63) is 28.8 Å². The van der Waals surface area contributed by atoms with E-state index in [0.29, 0.717) is 18.1 Å². The zero-order valence-electron chi connectivity index (χ0n) is 12.6. The molecule has 21 heavy (non-hydrogen) atoms. The van der Waals surface area contributed by atoms with Crippen LogP contribution >= 0.6 is 11.6 Å². The molecule has 0 amide bonds. The van der Waals surface area contributed by atoms with Gasteiger partial charge in [0.1, 0.15) is 0 Å². The molecule has 2 rings (SSSR count). The first-order valence-corrected chi connectivity index (χ1v) is 8.81. The van der Waals surface area contributed by atoms with Gasteiger partial charge in [-0.25, -0.2) is 8.42 Å². The lowest BCUT2D eigenvalue weighted by molar-refractivity contribution is 0.170. The normalized spacial score (nSPS) is 21.6. The molecule has 0 spiro atoms. The van der Waals surface area contributed by atoms with Crippen molar-refractivity contribution in [2.75, 3.05) is 33.7 Å². The standard InChI is InChI=1S/C14H22ClN3O2S/c1-11-10-17(3)6-7-18(11)21(19,20)13-5-4-12(9-16-2)14(15)8-13/h4-5,8,11,16H,6-7,9-10H2,1-3H3. The van der Waals surface area contributed by atoms with Crippen LogP contribution in [-0.4, -0.2) is 57.4 Å². The maximum Gasteiger partial charge on any atom is 0.243 e. The van der Waals surface area contributed by atoms with Gasteiger partial charge in [-0.3, -0.25) is 0 Å². The molecule has 1 N–H and O–H groups in total. The van der Waals surface area contributed by atoms with Gasteiger partial charge < -0.3 is 10.2 Å². The minimum atomic E-state index is -3.49. The molecule has 1 aliphatic heterocycles. The second-order valence-electron chi connectivity index (χ2n) is 5.51. The molecule has 1 aliphatic rings. The van der Waals surface area contributed by atoms with Gasteiger partial charge in [-0.05, 0) is 38.7 Å². The van der Waals surface area contributed by atoms with Crippen molar-refractivity contribution in [2.45, 2.75) is 24.4 Å². The van der Waals surface area contributed by atoms with Crippen molar-refractivity contribution >= 4 is 21.6 Å². The van der Waals surface area contributed by atoms with E-state index < -0.39 is 10.0 Å². The van der Waals surface area contributed by atoms with E-state index >= 15 is 0 Å². The van der Waals surface area contributed by atoms with E-state index in [-0.39, 0.29) is 10.9 Å². The van der Waals surface area contributed by atoms with E-state index in [4.69, 9.17) is 11.6 Å². The largest absolute Gasteiger partial charge is 0.316 e. The summed E-state index contributed by atoms with van der Waals surface area (Å²) >= 11 is 6.18. The first-order chi connectivity index (χ1) is 9.86. The highest BCUT2D eigenvalue weighted by molar-refractivity contribution is 7.89. The van der Waals surface area contributed by atoms with Crippen LogP contribution in [-0.2, 0) is 16.6 Å². The Labute approximate surface area is 131 Å². The lowest BCUT2D eigenvalue weighted by Crippen LogP contribution is -2.52. The van der Waals surface area contributed by atoms with Crippen LogP contribution in [0.2, 0.25) is 5.02 Å². The summed E-state index contributed by atoms with van der Waals surface area (Å²) < 4.78 is 27.1. The summed E-state index contributed by atoms with van der Waals surface area (Å²) in [5.41, 5.74) is 0.893. The Kier molecular flexibility index (Phi) is 5.27. The number of likely N-dealkylation sites (N-methyl/N-ethyl adjacent to an activating group) is 1. The zero-order chi connectivity index (χ0) is 15.6. The molecule has 0 radical (unpaired) electrons. The summed E-state index contributed by atoms with van der Waals surface area (Å²) in [4.78, 5) is 2.41. The molecule has 0 aliphatic carbocycles. The number of rotatable bonds is 4. The van der Waals surface area contributed by atoms with Gasteiger partial charge in [-0.2, -0.15) is 4.31 Å². The van der Waals surface area contributed by atoms with E-state index in [1.54, 1.807) is 22.5 Å². The van der Waals surface area contributed by atoms with Crippen LogP contribution in [0.15, 0.2) is 23.1 Å². The molecule has 1 atom stereocenters. The first kappa shape index (κ1) is 16.7. The molecule has 1 saturated heterocycles. The second-order valence-corrected chi connectivity index (χ2v) is 7.81. The Balaban J connectivity index is 2.29. The summed E-state index contributed by atoms with van der Waals surface area (Å²) in [7, 11) is 0.343. The molecule has 7 heteroatoms. The fourth-order valence-electron chi connectivity index (χ4n) is 2.64. The number of benzene rings is 1. The maximum absolute atomic E-state index is 12.8. The van der Waals surface area contributed by atoms with Crippen molar-refractivity contribution in [3.8, 4) is 0 Å². The molecular formula is C14H22ClN3O2S. The predicted molar refractivity (Wildman–Crippen MR) is 85.1 cm³/mol. The molecule has 5 nitrogen and oxygen atoms in total. The van der Waals surface area contributed by atoms with E-state index in [0.717, 1.165) is 18.7 Å². The third-order valence-electron chi connectivity index (χ3n) is 3.77. The van der Waals surface area contributed by atoms with E-state index in [2.05, 4.69) is 10.2 Å². The third-order valence-corrected chi connectivity index (χ3v) is 6.13. The van der Waals surface area contributed by atoms with Crippen LogP contribution in [0, 0.1) is 0 Å². The summed E-state index contributed by atoms with van der Waals surface area (Å²) in [5, 5.41) is 3.49. The second kappa shape index (κ2) is 6.62. The van der Waals surface area contributed by atoms with Crippen molar-refractivity contribution in [3.63, 3.8) is 0 Å². The summed E-state index contributed by atoms with van der Waals surface area (Å²) in [6.45, 7) is 4.55. The molecule has 1 unspecified atom stereocenters. The Morgan fingerprint density at radius 1 is 1.38 bits per heavy atom. The topological polar surface area (TPSA) is 52.7 Å². The van der Waals surface area contributed by atoms with Crippen molar-refractivity contribution in [2.24, 2.45) is 0 Å². The smallest absolute Gasteiger partial charge is 0.243 e. The van der Waals surface area contributed by atoms with Crippen LogP contribution in [0.25, 0.3) is 0 Å². The minimum absolute atomic E-state index is 0.0375. The number of hydrogen-bond acceptors (Lipinski definition) is 4. The maximum atomic E-state index is 12.8. The van der Waals surface area contributed by atoms with Crippen LogP contribution in [0.1, 0.15) is 12.5 Å². The summed E-state index contributed by atoms with van der Waals surface area (Å²) in [6.07, 6.45) is 0. The molecule has 118 valence electrons. The highest BCUT2D eigenvalue weighted by Crippen LogP contribution is 2.25. The Hall–Kier alpha value is -0.660. The van der Waals surface area contributed by atoms with Gasteiger partial charge >= 0.3 is 0 Å². The van der Waals surface area contributed by atoms with Gasteiger partial charge in [-0.1, -0.05) is 17.7 Å². The Bertz CT molecular complexity index is 606. The average molecular weight is 332 g/mol. The van der Waals surface area contributed by atoms with Gasteiger partial charge in [0.25, 0.3) is 0 Å². The van der Waals surface area contributed by atoms with Crippen LogP contribution in [0.3, 0.4) is 0 Å².